The van der Waals surface area contributed by atoms with Crippen molar-refractivity contribution in [1.29, 1.82) is 0 Å². The molecule has 0 atom stereocenters. The van der Waals surface area contributed by atoms with Gasteiger partial charge in [0.05, 0.1) is 5.56 Å². The van der Waals surface area contributed by atoms with Crippen LogP contribution in [0.25, 0.3) is 0 Å². The number of anilines is 2. The first-order valence-corrected chi connectivity index (χ1v) is 12.0. The van der Waals surface area contributed by atoms with Crippen molar-refractivity contribution < 1.29 is 9.59 Å². The largest absolute Gasteiger partial charge is 0.371 e. The number of hydrogen-bond acceptors (Lipinski definition) is 4. The van der Waals surface area contributed by atoms with Crippen molar-refractivity contribution in [2.45, 2.75) is 71.3 Å². The monoisotopic (exact) mass is 436 g/mol. The van der Waals surface area contributed by atoms with Gasteiger partial charge < -0.3 is 15.5 Å². The maximum atomic E-state index is 13.1. The summed E-state index contributed by atoms with van der Waals surface area (Å²) < 4.78 is 0. The molecule has 0 unspecified atom stereocenters. The van der Waals surface area contributed by atoms with E-state index in [2.05, 4.69) is 27.4 Å². The number of amides is 2. The van der Waals surface area contributed by atoms with E-state index in [0.29, 0.717) is 24.2 Å². The summed E-state index contributed by atoms with van der Waals surface area (Å²) in [6.07, 6.45) is 13.0. The smallest absolute Gasteiger partial charge is 0.253 e. The molecule has 2 amide bonds. The van der Waals surface area contributed by atoms with Crippen molar-refractivity contribution >= 4 is 23.2 Å². The zero-order valence-electron chi connectivity index (χ0n) is 19.2. The van der Waals surface area contributed by atoms with Crippen LogP contribution in [0.1, 0.15) is 80.6 Å². The number of rotatable bonds is 11. The Balaban J connectivity index is 1.68. The summed E-state index contributed by atoms with van der Waals surface area (Å²) in [5.41, 5.74) is 3.17. The molecule has 0 spiro atoms. The van der Waals surface area contributed by atoms with Crippen LogP contribution < -0.4 is 15.5 Å². The maximum absolute atomic E-state index is 13.1. The van der Waals surface area contributed by atoms with Crippen molar-refractivity contribution in [3.63, 3.8) is 0 Å². The highest BCUT2D eigenvalue weighted by Crippen LogP contribution is 2.27. The average molecular weight is 437 g/mol. The van der Waals surface area contributed by atoms with Crippen molar-refractivity contribution in [1.82, 2.24) is 10.3 Å². The molecule has 0 radical (unpaired) electrons. The fourth-order valence-corrected chi connectivity index (χ4v) is 4.10. The lowest BCUT2D eigenvalue weighted by Crippen LogP contribution is -2.32. The first kappa shape index (κ1) is 23.8. The molecule has 32 heavy (non-hydrogen) atoms. The Morgan fingerprint density at radius 1 is 1.03 bits per heavy atom. The average Bonchev–Trinajstić information content (AvgIpc) is 2.83. The maximum Gasteiger partial charge on any atom is 0.253 e. The van der Waals surface area contributed by atoms with Gasteiger partial charge in [0, 0.05) is 49.8 Å². The van der Waals surface area contributed by atoms with Crippen molar-refractivity contribution in [3.05, 3.63) is 53.9 Å². The number of unbranched alkanes of at least 4 members (excludes halogenated alkanes) is 4. The van der Waals surface area contributed by atoms with Crippen LogP contribution in [0, 0.1) is 0 Å². The molecule has 6 heteroatoms. The number of piperidine rings is 1. The van der Waals surface area contributed by atoms with Gasteiger partial charge in [-0.25, -0.2) is 0 Å². The second kappa shape index (κ2) is 12.8. The SMILES string of the molecule is CCCCCCCC(=O)Nc1ccc(N2CCCCC2)c(C(=O)NCc2cccnc2)c1. The van der Waals surface area contributed by atoms with Crippen LogP contribution in [0.5, 0.6) is 0 Å². The molecule has 3 rings (SSSR count). The standard InChI is InChI=1S/C26H36N4O2/c1-2-3-4-5-7-12-25(31)29-22-13-14-24(30-16-8-6-9-17-30)23(18-22)26(32)28-20-21-11-10-15-27-19-21/h10-11,13-15,18-19H,2-9,12,16-17,20H2,1H3,(H,28,32)(H,29,31). The summed E-state index contributed by atoms with van der Waals surface area (Å²) in [7, 11) is 0. The zero-order chi connectivity index (χ0) is 22.6. The third-order valence-corrected chi connectivity index (χ3v) is 5.90. The summed E-state index contributed by atoms with van der Waals surface area (Å²) in [5.74, 6) is -0.126. The molecule has 2 aromatic rings. The quantitative estimate of drug-likeness (QED) is 0.469. The van der Waals surface area contributed by atoms with E-state index in [1.807, 2.05) is 30.3 Å². The lowest BCUT2D eigenvalue weighted by molar-refractivity contribution is -0.116. The van der Waals surface area contributed by atoms with Gasteiger partial charge in [0.15, 0.2) is 0 Å². The number of hydrogen-bond donors (Lipinski definition) is 2. The topological polar surface area (TPSA) is 74.3 Å². The molecule has 2 N–H and O–H groups in total. The van der Waals surface area contributed by atoms with Gasteiger partial charge in [0.1, 0.15) is 0 Å². The molecular formula is C26H36N4O2. The molecule has 2 heterocycles. The third kappa shape index (κ3) is 7.36. The Bertz CT molecular complexity index is 863. The first-order valence-electron chi connectivity index (χ1n) is 12.0. The number of pyridine rings is 1. The summed E-state index contributed by atoms with van der Waals surface area (Å²) >= 11 is 0. The fourth-order valence-electron chi connectivity index (χ4n) is 4.10. The number of aromatic nitrogens is 1. The minimum atomic E-state index is -0.134. The Morgan fingerprint density at radius 2 is 1.84 bits per heavy atom. The zero-order valence-corrected chi connectivity index (χ0v) is 19.2. The number of nitrogens with one attached hydrogen (secondary N) is 2. The predicted molar refractivity (Wildman–Crippen MR) is 130 cm³/mol. The molecule has 1 fully saturated rings. The van der Waals surface area contributed by atoms with E-state index in [-0.39, 0.29) is 11.8 Å². The Kier molecular flexibility index (Phi) is 9.54. The van der Waals surface area contributed by atoms with Crippen LogP contribution in [0.4, 0.5) is 11.4 Å². The van der Waals surface area contributed by atoms with Gasteiger partial charge in [-0.1, -0.05) is 38.7 Å². The summed E-state index contributed by atoms with van der Waals surface area (Å²) in [6.45, 7) is 4.50. The Morgan fingerprint density at radius 3 is 2.59 bits per heavy atom. The molecular weight excluding hydrogens is 400 g/mol. The van der Waals surface area contributed by atoms with Crippen LogP contribution in [0.2, 0.25) is 0 Å². The van der Waals surface area contributed by atoms with E-state index >= 15 is 0 Å². The Labute approximate surface area is 191 Å². The summed E-state index contributed by atoms with van der Waals surface area (Å²) in [4.78, 5) is 31.9. The van der Waals surface area contributed by atoms with E-state index in [1.165, 1.54) is 25.7 Å². The van der Waals surface area contributed by atoms with Gasteiger partial charge in [-0.3, -0.25) is 14.6 Å². The summed E-state index contributed by atoms with van der Waals surface area (Å²) in [6, 6.07) is 9.50. The molecule has 6 nitrogen and oxygen atoms in total. The normalized spacial score (nSPS) is 13.6. The minimum Gasteiger partial charge on any atom is -0.371 e. The van der Waals surface area contributed by atoms with Crippen LogP contribution in [-0.4, -0.2) is 29.9 Å². The number of benzene rings is 1. The molecule has 0 aliphatic carbocycles. The number of carbonyl (C=O) groups excluding carboxylic acids is 2. The molecule has 1 saturated heterocycles. The molecule has 172 valence electrons. The van der Waals surface area contributed by atoms with Gasteiger partial charge in [0.2, 0.25) is 5.91 Å². The van der Waals surface area contributed by atoms with Gasteiger partial charge in [-0.2, -0.15) is 0 Å². The van der Waals surface area contributed by atoms with E-state index in [4.69, 9.17) is 0 Å². The van der Waals surface area contributed by atoms with Crippen LogP contribution in [-0.2, 0) is 11.3 Å². The van der Waals surface area contributed by atoms with Crippen LogP contribution in [0.3, 0.4) is 0 Å². The van der Waals surface area contributed by atoms with Crippen LogP contribution in [0.15, 0.2) is 42.7 Å². The van der Waals surface area contributed by atoms with E-state index in [9.17, 15) is 9.59 Å². The lowest BCUT2D eigenvalue weighted by Gasteiger charge is -2.30. The second-order valence-electron chi connectivity index (χ2n) is 8.54. The fraction of sp³-hybridized carbons (Fsp3) is 0.500. The van der Waals surface area contributed by atoms with Gasteiger partial charge in [0.25, 0.3) is 5.91 Å². The van der Waals surface area contributed by atoms with Gasteiger partial charge in [-0.15, -0.1) is 0 Å². The summed E-state index contributed by atoms with van der Waals surface area (Å²) in [5, 5.41) is 6.00. The van der Waals surface area contributed by atoms with Crippen LogP contribution >= 0.6 is 0 Å². The lowest BCUT2D eigenvalue weighted by atomic mass is 10.1. The van der Waals surface area contributed by atoms with Gasteiger partial charge >= 0.3 is 0 Å². The molecule has 1 aromatic heterocycles. The molecule has 0 saturated carbocycles. The molecule has 1 aromatic carbocycles. The molecule has 1 aliphatic rings. The highest BCUT2D eigenvalue weighted by Gasteiger charge is 2.19. The van der Waals surface area contributed by atoms with Crippen molar-refractivity contribution in [2.24, 2.45) is 0 Å². The molecule has 1 aliphatic heterocycles. The highest BCUT2D eigenvalue weighted by atomic mass is 16.2. The highest BCUT2D eigenvalue weighted by molar-refractivity contribution is 6.02. The first-order chi connectivity index (χ1) is 15.7. The predicted octanol–water partition coefficient (Wildman–Crippen LogP) is 5.30. The molecule has 0 bridgehead atoms. The Hall–Kier alpha value is -2.89. The van der Waals surface area contributed by atoms with E-state index in [0.717, 1.165) is 50.0 Å². The third-order valence-electron chi connectivity index (χ3n) is 5.90. The number of carbonyl (C=O) groups is 2. The number of nitrogens with zero attached hydrogens (tertiary/aromatic N) is 2. The van der Waals surface area contributed by atoms with Crippen molar-refractivity contribution in [2.75, 3.05) is 23.3 Å². The minimum absolute atomic E-state index is 0.00828. The van der Waals surface area contributed by atoms with Crippen molar-refractivity contribution in [3.8, 4) is 0 Å². The van der Waals surface area contributed by atoms with E-state index < -0.39 is 0 Å². The van der Waals surface area contributed by atoms with Gasteiger partial charge in [-0.05, 0) is 55.5 Å². The second-order valence-corrected chi connectivity index (χ2v) is 8.54. The van der Waals surface area contributed by atoms with E-state index in [1.54, 1.807) is 12.4 Å².